The molecule has 0 aromatic carbocycles. The van der Waals surface area contributed by atoms with Gasteiger partial charge in [-0.25, -0.2) is 4.79 Å². The summed E-state index contributed by atoms with van der Waals surface area (Å²) >= 11 is 0. The maximum atomic E-state index is 11.5. The van der Waals surface area contributed by atoms with Crippen molar-refractivity contribution in [2.24, 2.45) is 0 Å². The van der Waals surface area contributed by atoms with Gasteiger partial charge in [0.05, 0.1) is 12.0 Å². The van der Waals surface area contributed by atoms with E-state index >= 15 is 0 Å². The van der Waals surface area contributed by atoms with Crippen LogP contribution in [0, 0.1) is 0 Å². The quantitative estimate of drug-likeness (QED) is 0.830. The fraction of sp³-hybridized carbons (Fsp3) is 0.444. The predicted molar refractivity (Wildman–Crippen MR) is 52.6 cm³/mol. The maximum absolute atomic E-state index is 11.5. The molecule has 0 aliphatic carbocycles. The summed E-state index contributed by atoms with van der Waals surface area (Å²) in [7, 11) is -1.05. The van der Waals surface area contributed by atoms with Gasteiger partial charge in [0, 0.05) is 21.6 Å². The van der Waals surface area contributed by atoms with Crippen LogP contribution in [0.1, 0.15) is 30.0 Å². The van der Waals surface area contributed by atoms with Crippen molar-refractivity contribution in [3.05, 3.63) is 23.7 Å². The van der Waals surface area contributed by atoms with Crippen molar-refractivity contribution in [3.8, 4) is 0 Å². The molecule has 1 unspecified atom stereocenters. The third-order valence-corrected chi connectivity index (χ3v) is 3.41. The zero-order valence-corrected chi connectivity index (χ0v) is 8.84. The molecule has 1 aromatic heterocycles. The number of carbonyl (C=O) groups is 1. The van der Waals surface area contributed by atoms with Gasteiger partial charge in [-0.1, -0.05) is 13.8 Å². The summed E-state index contributed by atoms with van der Waals surface area (Å²) in [6.45, 7) is 3.66. The number of aromatic carboxylic acids is 1. The molecule has 4 nitrogen and oxygen atoms in total. The van der Waals surface area contributed by atoms with E-state index in [1.54, 1.807) is 6.07 Å². The second kappa shape index (κ2) is 4.41. The highest BCUT2D eigenvalue weighted by molar-refractivity contribution is 7.84. The largest absolute Gasteiger partial charge is 0.475 e. The van der Waals surface area contributed by atoms with Crippen LogP contribution in [-0.2, 0) is 16.6 Å². The molecule has 0 aliphatic heterocycles. The lowest BCUT2D eigenvalue weighted by molar-refractivity contribution is 0.0661. The van der Waals surface area contributed by atoms with Crippen LogP contribution >= 0.6 is 0 Å². The summed E-state index contributed by atoms with van der Waals surface area (Å²) < 4.78 is 16.2. The maximum Gasteiger partial charge on any atom is 0.372 e. The molecule has 0 bridgehead atoms. The summed E-state index contributed by atoms with van der Waals surface area (Å²) in [4.78, 5) is 10.6. The second-order valence-corrected chi connectivity index (χ2v) is 5.15. The molecule has 0 fully saturated rings. The van der Waals surface area contributed by atoms with Gasteiger partial charge >= 0.3 is 5.97 Å². The summed E-state index contributed by atoms with van der Waals surface area (Å²) in [6.07, 6.45) is 1.30. The average Bonchev–Trinajstić information content (AvgIpc) is 2.52. The summed E-state index contributed by atoms with van der Waals surface area (Å²) in [5, 5.41) is 8.73. The van der Waals surface area contributed by atoms with Crippen LogP contribution in [-0.4, -0.2) is 20.5 Å². The Morgan fingerprint density at radius 2 is 2.29 bits per heavy atom. The minimum atomic E-state index is -1.12. The molecule has 0 saturated heterocycles. The molecule has 1 N–H and O–H groups in total. The van der Waals surface area contributed by atoms with Gasteiger partial charge in [0.1, 0.15) is 0 Å². The van der Waals surface area contributed by atoms with E-state index in [0.717, 1.165) is 0 Å². The smallest absolute Gasteiger partial charge is 0.372 e. The van der Waals surface area contributed by atoms with Crippen LogP contribution in [0.3, 0.4) is 0 Å². The Hall–Kier alpha value is -1.10. The SMILES string of the molecule is CC(C)S(=O)Cc1ccoc1C(=O)O. The Kier molecular flexibility index (Phi) is 3.46. The first kappa shape index (κ1) is 11.0. The van der Waals surface area contributed by atoms with Crippen LogP contribution < -0.4 is 0 Å². The normalized spacial score (nSPS) is 13.1. The van der Waals surface area contributed by atoms with Crippen LogP contribution in [0.15, 0.2) is 16.7 Å². The lowest BCUT2D eigenvalue weighted by Gasteiger charge is -2.03. The van der Waals surface area contributed by atoms with E-state index in [-0.39, 0.29) is 16.8 Å². The minimum absolute atomic E-state index is 0.0199. The van der Waals surface area contributed by atoms with Gasteiger partial charge in [-0.3, -0.25) is 4.21 Å². The zero-order chi connectivity index (χ0) is 10.7. The first-order chi connectivity index (χ1) is 6.52. The second-order valence-electron chi connectivity index (χ2n) is 3.15. The molecule has 78 valence electrons. The van der Waals surface area contributed by atoms with E-state index in [2.05, 4.69) is 0 Å². The van der Waals surface area contributed by atoms with Crippen LogP contribution in [0.2, 0.25) is 0 Å². The lowest BCUT2D eigenvalue weighted by Crippen LogP contribution is -2.09. The third-order valence-electron chi connectivity index (χ3n) is 1.76. The van der Waals surface area contributed by atoms with Crippen molar-refractivity contribution in [3.63, 3.8) is 0 Å². The fourth-order valence-corrected chi connectivity index (χ4v) is 1.82. The first-order valence-corrected chi connectivity index (χ1v) is 5.57. The van der Waals surface area contributed by atoms with Crippen molar-refractivity contribution in [2.45, 2.75) is 24.9 Å². The summed E-state index contributed by atoms with van der Waals surface area (Å²) in [5.74, 6) is -1.000. The highest BCUT2D eigenvalue weighted by Crippen LogP contribution is 2.14. The predicted octanol–water partition coefficient (Wildman–Crippen LogP) is 1.63. The number of hydrogen-bond donors (Lipinski definition) is 1. The van der Waals surface area contributed by atoms with Crippen molar-refractivity contribution < 1.29 is 18.5 Å². The Bertz CT molecular complexity index is 353. The summed E-state index contributed by atoms with van der Waals surface area (Å²) in [5.41, 5.74) is 0.490. The summed E-state index contributed by atoms with van der Waals surface area (Å²) in [6, 6.07) is 1.55. The number of carboxylic acid groups (broad SMARTS) is 1. The molecule has 1 heterocycles. The van der Waals surface area contributed by atoms with E-state index in [1.165, 1.54) is 6.26 Å². The average molecular weight is 216 g/mol. The Labute approximate surface area is 84.4 Å². The molecule has 5 heteroatoms. The third kappa shape index (κ3) is 2.45. The van der Waals surface area contributed by atoms with E-state index in [0.29, 0.717) is 5.56 Å². The number of carboxylic acids is 1. The minimum Gasteiger partial charge on any atom is -0.475 e. The molecule has 1 aromatic rings. The molecule has 0 radical (unpaired) electrons. The standard InChI is InChI=1S/C9H12O4S/c1-6(2)14(12)5-7-3-4-13-8(7)9(10)11/h3-4,6H,5H2,1-2H3,(H,10,11). The topological polar surface area (TPSA) is 67.5 Å². The Morgan fingerprint density at radius 3 is 2.79 bits per heavy atom. The van der Waals surface area contributed by atoms with Crippen molar-refractivity contribution >= 4 is 16.8 Å². The van der Waals surface area contributed by atoms with Crippen LogP contribution in [0.25, 0.3) is 0 Å². The molecule has 0 saturated carbocycles. The van der Waals surface area contributed by atoms with E-state index in [9.17, 15) is 9.00 Å². The zero-order valence-electron chi connectivity index (χ0n) is 8.02. The monoisotopic (exact) mass is 216 g/mol. The Balaban J connectivity index is 2.82. The van der Waals surface area contributed by atoms with E-state index in [1.807, 2.05) is 13.8 Å². The number of rotatable bonds is 4. The van der Waals surface area contributed by atoms with Gasteiger partial charge in [-0.15, -0.1) is 0 Å². The first-order valence-electron chi connectivity index (χ1n) is 4.19. The fourth-order valence-electron chi connectivity index (χ4n) is 0.957. The lowest BCUT2D eigenvalue weighted by atomic mass is 10.3. The van der Waals surface area contributed by atoms with Gasteiger partial charge < -0.3 is 9.52 Å². The van der Waals surface area contributed by atoms with Gasteiger partial charge in [0.25, 0.3) is 0 Å². The van der Waals surface area contributed by atoms with Crippen molar-refractivity contribution in [1.82, 2.24) is 0 Å². The van der Waals surface area contributed by atoms with Gasteiger partial charge in [-0.2, -0.15) is 0 Å². The molecule has 1 rings (SSSR count). The molecule has 0 amide bonds. The van der Waals surface area contributed by atoms with E-state index < -0.39 is 16.8 Å². The highest BCUT2D eigenvalue weighted by Gasteiger charge is 2.16. The van der Waals surface area contributed by atoms with Gasteiger partial charge in [-0.05, 0) is 6.07 Å². The molecule has 1 atom stereocenters. The van der Waals surface area contributed by atoms with E-state index in [4.69, 9.17) is 9.52 Å². The molecule has 0 aliphatic rings. The highest BCUT2D eigenvalue weighted by atomic mass is 32.2. The molecular weight excluding hydrogens is 204 g/mol. The van der Waals surface area contributed by atoms with Gasteiger partial charge in [0.2, 0.25) is 5.76 Å². The number of furan rings is 1. The van der Waals surface area contributed by atoms with Crippen LogP contribution in [0.5, 0.6) is 0 Å². The Morgan fingerprint density at radius 1 is 1.64 bits per heavy atom. The molecular formula is C9H12O4S. The number of hydrogen-bond acceptors (Lipinski definition) is 3. The van der Waals surface area contributed by atoms with Gasteiger partial charge in [0.15, 0.2) is 0 Å². The molecule has 0 spiro atoms. The van der Waals surface area contributed by atoms with Crippen molar-refractivity contribution in [1.29, 1.82) is 0 Å². The van der Waals surface area contributed by atoms with Crippen molar-refractivity contribution in [2.75, 3.05) is 0 Å². The van der Waals surface area contributed by atoms with Crippen LogP contribution in [0.4, 0.5) is 0 Å². The molecule has 14 heavy (non-hydrogen) atoms.